The molecule has 2 rings (SSSR count). The second-order valence-electron chi connectivity index (χ2n) is 8.37. The number of carbonyl (C=O) groups excluding carboxylic acids is 2. The van der Waals surface area contributed by atoms with Gasteiger partial charge in [-0.05, 0) is 55.7 Å². The Morgan fingerprint density at radius 1 is 1.17 bits per heavy atom. The first-order valence-corrected chi connectivity index (χ1v) is 14.6. The number of amides is 2. The average molecular weight is 603 g/mol. The van der Waals surface area contributed by atoms with Gasteiger partial charge in [0.25, 0.3) is 0 Å². The van der Waals surface area contributed by atoms with Crippen LogP contribution in [-0.4, -0.2) is 57.6 Å². The maximum Gasteiger partial charge on any atom is 0.242 e. The van der Waals surface area contributed by atoms with E-state index in [0.717, 1.165) is 22.7 Å². The normalized spacial score (nSPS) is 12.1. The van der Waals surface area contributed by atoms with Gasteiger partial charge in [0.2, 0.25) is 21.8 Å². The predicted molar refractivity (Wildman–Crippen MR) is 147 cm³/mol. The Bertz CT molecular complexity index is 1140. The number of benzene rings is 2. The van der Waals surface area contributed by atoms with Crippen LogP contribution in [0.2, 0.25) is 5.02 Å². The lowest BCUT2D eigenvalue weighted by molar-refractivity contribution is -0.140. The fourth-order valence-corrected chi connectivity index (χ4v) is 5.05. The van der Waals surface area contributed by atoms with E-state index in [1.54, 1.807) is 19.1 Å². The molecule has 11 heteroatoms. The minimum Gasteiger partial charge on any atom is -0.495 e. The summed E-state index contributed by atoms with van der Waals surface area (Å²) in [6.45, 7) is 4.52. The van der Waals surface area contributed by atoms with Crippen molar-refractivity contribution in [2.75, 3.05) is 30.8 Å². The van der Waals surface area contributed by atoms with Gasteiger partial charge in [-0.15, -0.1) is 0 Å². The minimum absolute atomic E-state index is 0.0673. The molecule has 0 bridgehead atoms. The van der Waals surface area contributed by atoms with Gasteiger partial charge in [0.05, 0.1) is 24.1 Å². The third kappa shape index (κ3) is 8.67. The zero-order chi connectivity index (χ0) is 26.9. The van der Waals surface area contributed by atoms with E-state index in [4.69, 9.17) is 16.3 Å². The van der Waals surface area contributed by atoms with Crippen LogP contribution in [0.5, 0.6) is 5.75 Å². The monoisotopic (exact) mass is 601 g/mol. The van der Waals surface area contributed by atoms with Crippen LogP contribution in [0, 0.1) is 0 Å². The Kier molecular flexibility index (Phi) is 11.5. The molecule has 1 atom stereocenters. The van der Waals surface area contributed by atoms with Gasteiger partial charge in [0.15, 0.2) is 0 Å². The molecule has 0 saturated heterocycles. The largest absolute Gasteiger partial charge is 0.495 e. The Labute approximate surface area is 227 Å². The van der Waals surface area contributed by atoms with Crippen LogP contribution in [0.4, 0.5) is 5.69 Å². The number of hydrogen-bond donors (Lipinski definition) is 1. The zero-order valence-corrected chi connectivity index (χ0v) is 24.1. The highest BCUT2D eigenvalue weighted by Crippen LogP contribution is 2.30. The van der Waals surface area contributed by atoms with Gasteiger partial charge in [0.1, 0.15) is 11.8 Å². The third-order valence-electron chi connectivity index (χ3n) is 5.56. The minimum atomic E-state index is -3.62. The first-order valence-electron chi connectivity index (χ1n) is 11.6. The number of hydrogen-bond acceptors (Lipinski definition) is 5. The van der Waals surface area contributed by atoms with E-state index in [9.17, 15) is 18.0 Å². The first kappa shape index (κ1) is 29.9. The van der Waals surface area contributed by atoms with Crippen molar-refractivity contribution in [1.82, 2.24) is 10.2 Å². The SMILES string of the molecule is CCCNC(=O)[C@H](C)N(Cc1ccc(Br)cc1)C(=O)CCCN(c1ccc(OC)c(Cl)c1)S(C)(=O)=O. The van der Waals surface area contributed by atoms with Gasteiger partial charge in [-0.25, -0.2) is 8.42 Å². The fraction of sp³-hybridized carbons (Fsp3) is 0.440. The van der Waals surface area contributed by atoms with Crippen molar-refractivity contribution in [2.24, 2.45) is 0 Å². The molecule has 8 nitrogen and oxygen atoms in total. The molecule has 36 heavy (non-hydrogen) atoms. The highest BCUT2D eigenvalue weighted by molar-refractivity contribution is 9.10. The molecule has 0 aromatic heterocycles. The molecule has 0 radical (unpaired) electrons. The van der Waals surface area contributed by atoms with Crippen molar-refractivity contribution >= 4 is 55.1 Å². The quantitative estimate of drug-likeness (QED) is 0.362. The van der Waals surface area contributed by atoms with E-state index >= 15 is 0 Å². The summed E-state index contributed by atoms with van der Waals surface area (Å²) in [5.74, 6) is -0.0332. The summed E-state index contributed by atoms with van der Waals surface area (Å²) in [6.07, 6.45) is 2.22. The topological polar surface area (TPSA) is 96.0 Å². The van der Waals surface area contributed by atoms with Crippen molar-refractivity contribution in [3.8, 4) is 5.75 Å². The zero-order valence-electron chi connectivity index (χ0n) is 21.0. The summed E-state index contributed by atoms with van der Waals surface area (Å²) in [7, 11) is -2.15. The molecule has 2 amide bonds. The van der Waals surface area contributed by atoms with E-state index in [1.165, 1.54) is 22.4 Å². The Morgan fingerprint density at radius 3 is 2.39 bits per heavy atom. The molecule has 1 N–H and O–H groups in total. The number of nitrogens with zero attached hydrogens (tertiary/aromatic N) is 2. The van der Waals surface area contributed by atoms with Crippen LogP contribution in [0.25, 0.3) is 0 Å². The molecule has 198 valence electrons. The van der Waals surface area contributed by atoms with Crippen LogP contribution in [-0.2, 0) is 26.2 Å². The number of rotatable bonds is 13. The van der Waals surface area contributed by atoms with E-state index in [-0.39, 0.29) is 42.8 Å². The van der Waals surface area contributed by atoms with Crippen molar-refractivity contribution in [2.45, 2.75) is 45.7 Å². The Hall–Kier alpha value is -2.30. The molecule has 0 spiro atoms. The van der Waals surface area contributed by atoms with E-state index in [0.29, 0.717) is 18.0 Å². The van der Waals surface area contributed by atoms with E-state index in [2.05, 4.69) is 21.2 Å². The summed E-state index contributed by atoms with van der Waals surface area (Å²) in [5, 5.41) is 3.13. The summed E-state index contributed by atoms with van der Waals surface area (Å²) in [5.41, 5.74) is 1.27. The lowest BCUT2D eigenvalue weighted by atomic mass is 10.1. The Morgan fingerprint density at radius 2 is 1.83 bits per heavy atom. The summed E-state index contributed by atoms with van der Waals surface area (Å²) in [6, 6.07) is 11.6. The molecule has 2 aromatic carbocycles. The van der Waals surface area contributed by atoms with Crippen LogP contribution < -0.4 is 14.4 Å². The molecule has 0 aliphatic rings. The highest BCUT2D eigenvalue weighted by atomic mass is 79.9. The molecule has 2 aromatic rings. The lowest BCUT2D eigenvalue weighted by Crippen LogP contribution is -2.47. The molecule has 0 heterocycles. The number of sulfonamides is 1. The van der Waals surface area contributed by atoms with Crippen LogP contribution in [0.15, 0.2) is 46.9 Å². The van der Waals surface area contributed by atoms with Crippen LogP contribution >= 0.6 is 27.5 Å². The van der Waals surface area contributed by atoms with Crippen molar-refractivity contribution in [1.29, 1.82) is 0 Å². The lowest BCUT2D eigenvalue weighted by Gasteiger charge is -2.29. The first-order chi connectivity index (χ1) is 17.0. The second-order valence-corrected chi connectivity index (χ2v) is 11.6. The number of ether oxygens (including phenoxy) is 1. The Balaban J connectivity index is 2.17. The van der Waals surface area contributed by atoms with E-state index < -0.39 is 16.1 Å². The molecule has 0 fully saturated rings. The van der Waals surface area contributed by atoms with Gasteiger partial charge in [0, 0.05) is 30.5 Å². The van der Waals surface area contributed by atoms with Gasteiger partial charge >= 0.3 is 0 Å². The van der Waals surface area contributed by atoms with Crippen molar-refractivity contribution in [3.05, 3.63) is 57.5 Å². The summed E-state index contributed by atoms with van der Waals surface area (Å²) >= 11 is 9.59. The average Bonchev–Trinajstić information content (AvgIpc) is 2.83. The molecular weight excluding hydrogens is 570 g/mol. The number of anilines is 1. The molecule has 0 aliphatic carbocycles. The van der Waals surface area contributed by atoms with Gasteiger partial charge in [-0.1, -0.05) is 46.6 Å². The summed E-state index contributed by atoms with van der Waals surface area (Å²) < 4.78 is 32.2. The van der Waals surface area contributed by atoms with Crippen LogP contribution in [0.1, 0.15) is 38.7 Å². The highest BCUT2D eigenvalue weighted by Gasteiger charge is 2.26. The third-order valence-corrected chi connectivity index (χ3v) is 7.58. The molecule has 0 aliphatic heterocycles. The van der Waals surface area contributed by atoms with Gasteiger partial charge < -0.3 is 15.0 Å². The maximum atomic E-state index is 13.3. The van der Waals surface area contributed by atoms with Gasteiger partial charge in [-0.3, -0.25) is 13.9 Å². The molecule has 0 unspecified atom stereocenters. The van der Waals surface area contributed by atoms with Gasteiger partial charge in [-0.2, -0.15) is 0 Å². The number of nitrogens with one attached hydrogen (secondary N) is 1. The summed E-state index contributed by atoms with van der Waals surface area (Å²) in [4.78, 5) is 27.5. The van der Waals surface area contributed by atoms with Crippen molar-refractivity contribution in [3.63, 3.8) is 0 Å². The van der Waals surface area contributed by atoms with E-state index in [1.807, 2.05) is 31.2 Å². The second kappa shape index (κ2) is 13.9. The van der Waals surface area contributed by atoms with Crippen LogP contribution in [0.3, 0.4) is 0 Å². The predicted octanol–water partition coefficient (Wildman–Crippen LogP) is 4.60. The smallest absolute Gasteiger partial charge is 0.242 e. The molecule has 0 saturated carbocycles. The standard InChI is InChI=1S/C25H33BrClN3O5S/c1-5-14-28-25(32)18(2)29(17-19-8-10-20(26)11-9-19)24(31)7-6-15-30(36(4,33)34)21-12-13-23(35-3)22(27)16-21/h8-13,16,18H,5-7,14-15,17H2,1-4H3,(H,28,32)/t18-/m0/s1. The number of halogens is 2. The van der Waals surface area contributed by atoms with Crippen molar-refractivity contribution < 1.29 is 22.7 Å². The number of carbonyl (C=O) groups is 2. The number of methoxy groups -OCH3 is 1. The molecular formula is C25H33BrClN3O5S. The maximum absolute atomic E-state index is 13.3. The fourth-order valence-electron chi connectivity index (χ4n) is 3.58.